The highest BCUT2D eigenvalue weighted by Crippen LogP contribution is 2.31. The molecular formula is C15H16N4O3. The number of hydrogen-bond donors (Lipinski definition) is 1. The van der Waals surface area contributed by atoms with E-state index >= 15 is 0 Å². The molecule has 1 aliphatic heterocycles. The zero-order valence-corrected chi connectivity index (χ0v) is 12.6. The fraction of sp³-hybridized carbons (Fsp3) is 0.333. The molecule has 0 saturated heterocycles. The number of aromatic nitrogens is 3. The SMILES string of the molecule is Cc1n[nH]c(=O)c(C(=O)N2C[C@H](C)Oc3ncccc32)c1C. The number of carbonyl (C=O) groups excluding carboxylic acids is 1. The number of rotatable bonds is 1. The molecule has 3 rings (SSSR count). The molecule has 1 atom stereocenters. The summed E-state index contributed by atoms with van der Waals surface area (Å²) in [5.41, 5.74) is 1.39. The minimum Gasteiger partial charge on any atom is -0.471 e. The second-order valence-corrected chi connectivity index (χ2v) is 5.31. The van der Waals surface area contributed by atoms with Crippen LogP contribution in [0.3, 0.4) is 0 Å². The van der Waals surface area contributed by atoms with Gasteiger partial charge in [0.25, 0.3) is 11.5 Å². The Morgan fingerprint density at radius 2 is 2.23 bits per heavy atom. The lowest BCUT2D eigenvalue weighted by molar-refractivity contribution is 0.0956. The number of H-pyrrole nitrogens is 1. The highest BCUT2D eigenvalue weighted by Gasteiger charge is 2.31. The lowest BCUT2D eigenvalue weighted by Gasteiger charge is -2.32. The Hall–Kier alpha value is -2.70. The second-order valence-electron chi connectivity index (χ2n) is 5.31. The number of carbonyl (C=O) groups is 1. The molecule has 7 heteroatoms. The van der Waals surface area contributed by atoms with Crippen molar-refractivity contribution in [3.63, 3.8) is 0 Å². The van der Waals surface area contributed by atoms with Gasteiger partial charge in [-0.15, -0.1) is 0 Å². The number of aromatic amines is 1. The van der Waals surface area contributed by atoms with E-state index in [1.54, 1.807) is 32.2 Å². The molecule has 0 unspecified atom stereocenters. The molecule has 1 amide bonds. The maximum atomic E-state index is 12.9. The van der Waals surface area contributed by atoms with Gasteiger partial charge in [-0.3, -0.25) is 14.5 Å². The summed E-state index contributed by atoms with van der Waals surface area (Å²) in [6.45, 7) is 5.68. The Bertz CT molecular complexity index is 800. The van der Waals surface area contributed by atoms with E-state index in [2.05, 4.69) is 15.2 Å². The molecule has 3 heterocycles. The molecule has 1 aliphatic rings. The van der Waals surface area contributed by atoms with Crippen LogP contribution in [0.4, 0.5) is 5.69 Å². The minimum atomic E-state index is -0.488. The predicted molar refractivity (Wildman–Crippen MR) is 80.3 cm³/mol. The molecule has 0 radical (unpaired) electrons. The zero-order chi connectivity index (χ0) is 15.9. The van der Waals surface area contributed by atoms with Crippen LogP contribution < -0.4 is 15.2 Å². The van der Waals surface area contributed by atoms with Crippen molar-refractivity contribution in [2.75, 3.05) is 11.4 Å². The predicted octanol–water partition coefficient (Wildman–Crippen LogP) is 1.21. The molecule has 1 N–H and O–H groups in total. The summed E-state index contributed by atoms with van der Waals surface area (Å²) < 4.78 is 5.63. The Labute approximate surface area is 126 Å². The van der Waals surface area contributed by atoms with Crippen LogP contribution in [0, 0.1) is 13.8 Å². The number of pyridine rings is 1. The maximum absolute atomic E-state index is 12.9. The summed E-state index contributed by atoms with van der Waals surface area (Å²) in [5.74, 6) is 0.0307. The first-order valence-corrected chi connectivity index (χ1v) is 6.98. The minimum absolute atomic E-state index is 0.108. The van der Waals surface area contributed by atoms with Gasteiger partial charge in [0.05, 0.1) is 12.2 Å². The van der Waals surface area contributed by atoms with Crippen molar-refractivity contribution in [2.24, 2.45) is 0 Å². The zero-order valence-electron chi connectivity index (χ0n) is 12.6. The first-order chi connectivity index (χ1) is 10.5. The molecule has 2 aromatic heterocycles. The van der Waals surface area contributed by atoms with E-state index in [1.807, 2.05) is 6.92 Å². The van der Waals surface area contributed by atoms with Gasteiger partial charge < -0.3 is 4.74 Å². The van der Waals surface area contributed by atoms with Crippen LogP contribution in [0.25, 0.3) is 0 Å². The number of nitrogens with one attached hydrogen (secondary N) is 1. The van der Waals surface area contributed by atoms with Gasteiger partial charge in [0, 0.05) is 6.20 Å². The van der Waals surface area contributed by atoms with Gasteiger partial charge in [0.15, 0.2) is 0 Å². The molecule has 114 valence electrons. The van der Waals surface area contributed by atoms with E-state index in [0.29, 0.717) is 29.4 Å². The molecule has 7 nitrogen and oxygen atoms in total. The van der Waals surface area contributed by atoms with Crippen molar-refractivity contribution in [1.29, 1.82) is 0 Å². The standard InChI is InChI=1S/C15H16N4O3/c1-8-7-19(11-5-4-6-16-14(11)22-8)15(21)12-9(2)10(3)17-18-13(12)20/h4-6,8H,7H2,1-3H3,(H,18,20)/t8-/m0/s1. The average molecular weight is 300 g/mol. The first kappa shape index (κ1) is 14.2. The summed E-state index contributed by atoms with van der Waals surface area (Å²) in [6, 6.07) is 3.48. The number of ether oxygens (including phenoxy) is 1. The van der Waals surface area contributed by atoms with Crippen molar-refractivity contribution in [2.45, 2.75) is 26.9 Å². The summed E-state index contributed by atoms with van der Waals surface area (Å²) in [6.07, 6.45) is 1.41. The Morgan fingerprint density at radius 1 is 1.45 bits per heavy atom. The summed E-state index contributed by atoms with van der Waals surface area (Å²) >= 11 is 0. The summed E-state index contributed by atoms with van der Waals surface area (Å²) in [5, 5.41) is 6.24. The third-order valence-corrected chi connectivity index (χ3v) is 3.72. The van der Waals surface area contributed by atoms with Gasteiger partial charge in [-0.25, -0.2) is 10.1 Å². The van der Waals surface area contributed by atoms with E-state index < -0.39 is 5.56 Å². The van der Waals surface area contributed by atoms with Gasteiger partial charge in [-0.1, -0.05) is 0 Å². The molecule has 0 bridgehead atoms. The Morgan fingerprint density at radius 3 is 3.00 bits per heavy atom. The number of hydrogen-bond acceptors (Lipinski definition) is 5. The third kappa shape index (κ3) is 2.24. The fourth-order valence-electron chi connectivity index (χ4n) is 2.47. The van der Waals surface area contributed by atoms with Crippen molar-refractivity contribution in [1.82, 2.24) is 15.2 Å². The molecule has 0 saturated carbocycles. The second kappa shape index (κ2) is 5.25. The topological polar surface area (TPSA) is 88.2 Å². The molecule has 22 heavy (non-hydrogen) atoms. The largest absolute Gasteiger partial charge is 0.471 e. The van der Waals surface area contributed by atoms with E-state index in [-0.39, 0.29) is 17.6 Å². The van der Waals surface area contributed by atoms with Crippen molar-refractivity contribution in [3.8, 4) is 5.88 Å². The monoisotopic (exact) mass is 300 g/mol. The molecule has 0 fully saturated rings. The van der Waals surface area contributed by atoms with Crippen molar-refractivity contribution < 1.29 is 9.53 Å². The van der Waals surface area contributed by atoms with Gasteiger partial charge in [0.2, 0.25) is 5.88 Å². The van der Waals surface area contributed by atoms with Gasteiger partial charge in [0.1, 0.15) is 17.4 Å². The highest BCUT2D eigenvalue weighted by molar-refractivity contribution is 6.07. The average Bonchev–Trinajstić information content (AvgIpc) is 2.50. The van der Waals surface area contributed by atoms with Gasteiger partial charge >= 0.3 is 0 Å². The van der Waals surface area contributed by atoms with Crippen LogP contribution in [0.5, 0.6) is 5.88 Å². The number of fused-ring (bicyclic) bond motifs is 1. The normalized spacial score (nSPS) is 16.9. The van der Waals surface area contributed by atoms with Gasteiger partial charge in [-0.2, -0.15) is 5.10 Å². The Kier molecular flexibility index (Phi) is 3.40. The molecule has 2 aromatic rings. The number of nitrogens with zero attached hydrogens (tertiary/aromatic N) is 3. The quantitative estimate of drug-likeness (QED) is 0.855. The Balaban J connectivity index is 2.11. The van der Waals surface area contributed by atoms with E-state index in [4.69, 9.17) is 4.74 Å². The lowest BCUT2D eigenvalue weighted by Crippen LogP contribution is -2.44. The van der Waals surface area contributed by atoms with Crippen molar-refractivity contribution >= 4 is 11.6 Å². The van der Waals surface area contributed by atoms with Crippen molar-refractivity contribution in [3.05, 3.63) is 45.5 Å². The molecule has 0 aromatic carbocycles. The van der Waals surface area contributed by atoms with Crippen LogP contribution in [0.2, 0.25) is 0 Å². The van der Waals surface area contributed by atoms with Crippen LogP contribution in [0.1, 0.15) is 28.5 Å². The fourth-order valence-corrected chi connectivity index (χ4v) is 2.47. The smallest absolute Gasteiger partial charge is 0.277 e. The van der Waals surface area contributed by atoms with Crippen LogP contribution >= 0.6 is 0 Å². The lowest BCUT2D eigenvalue weighted by atomic mass is 10.1. The summed E-state index contributed by atoms with van der Waals surface area (Å²) in [7, 11) is 0. The van der Waals surface area contributed by atoms with E-state index in [0.717, 1.165) is 0 Å². The van der Waals surface area contributed by atoms with Crippen LogP contribution in [0.15, 0.2) is 23.1 Å². The molecular weight excluding hydrogens is 284 g/mol. The number of amides is 1. The number of aryl methyl sites for hydroxylation is 1. The highest BCUT2D eigenvalue weighted by atomic mass is 16.5. The third-order valence-electron chi connectivity index (χ3n) is 3.72. The van der Waals surface area contributed by atoms with E-state index in [1.165, 1.54) is 4.90 Å². The summed E-state index contributed by atoms with van der Waals surface area (Å²) in [4.78, 5) is 30.6. The molecule has 0 spiro atoms. The van der Waals surface area contributed by atoms with Crippen LogP contribution in [-0.4, -0.2) is 33.7 Å². The first-order valence-electron chi connectivity index (χ1n) is 6.98. The maximum Gasteiger partial charge on any atom is 0.277 e. The van der Waals surface area contributed by atoms with Crippen LogP contribution in [-0.2, 0) is 0 Å². The van der Waals surface area contributed by atoms with E-state index in [9.17, 15) is 9.59 Å². The van der Waals surface area contributed by atoms with Gasteiger partial charge in [-0.05, 0) is 38.5 Å². The number of anilines is 1. The molecule has 0 aliphatic carbocycles.